The van der Waals surface area contributed by atoms with Gasteiger partial charge in [-0.15, -0.1) is 0 Å². The summed E-state index contributed by atoms with van der Waals surface area (Å²) in [7, 11) is 1.00. The Hall–Kier alpha value is -1.10. The van der Waals surface area contributed by atoms with E-state index in [0.717, 1.165) is 32.8 Å². The highest BCUT2D eigenvalue weighted by Crippen LogP contribution is 2.08. The zero-order chi connectivity index (χ0) is 21.3. The van der Waals surface area contributed by atoms with Crippen molar-refractivity contribution in [1.82, 2.24) is 0 Å². The number of rotatable bonds is 19. The molecule has 168 valence electrons. The maximum Gasteiger partial charge on any atom is 0.305 e. The third-order valence-corrected chi connectivity index (χ3v) is 4.53. The molecule has 0 saturated heterocycles. The fraction of sp³-hybridized carbons (Fsp3) is 0.913. The van der Waals surface area contributed by atoms with Gasteiger partial charge < -0.3 is 14.6 Å². The molecule has 0 aromatic heterocycles. The van der Waals surface area contributed by atoms with E-state index in [1.165, 1.54) is 51.4 Å². The molecule has 28 heavy (non-hydrogen) atoms. The number of aliphatic hydroxyl groups excluding tert-OH is 1. The van der Waals surface area contributed by atoms with Crippen molar-refractivity contribution in [3.05, 3.63) is 0 Å². The van der Waals surface area contributed by atoms with E-state index in [1.807, 2.05) is 0 Å². The number of esters is 2. The Morgan fingerprint density at radius 3 is 1.21 bits per heavy atom. The zero-order valence-corrected chi connectivity index (χ0v) is 18.8. The Morgan fingerprint density at radius 2 is 0.857 bits per heavy atom. The normalized spacial score (nSPS) is 10.1. The second-order valence-corrected chi connectivity index (χ2v) is 7.18. The average molecular weight is 403 g/mol. The molecule has 0 aromatic carbocycles. The van der Waals surface area contributed by atoms with Crippen LogP contribution in [0.4, 0.5) is 0 Å². The van der Waals surface area contributed by atoms with Crippen LogP contribution in [0.3, 0.4) is 0 Å². The van der Waals surface area contributed by atoms with E-state index < -0.39 is 0 Å². The summed E-state index contributed by atoms with van der Waals surface area (Å²) in [6, 6.07) is 0. The molecule has 0 spiro atoms. The summed E-state index contributed by atoms with van der Waals surface area (Å²) in [5.74, 6) is -0.280. The van der Waals surface area contributed by atoms with Crippen molar-refractivity contribution in [2.24, 2.45) is 0 Å². The van der Waals surface area contributed by atoms with Crippen LogP contribution >= 0.6 is 0 Å². The molecule has 0 heterocycles. The van der Waals surface area contributed by atoms with E-state index in [4.69, 9.17) is 14.6 Å². The van der Waals surface area contributed by atoms with Gasteiger partial charge in [0.15, 0.2) is 0 Å². The molecule has 0 saturated carbocycles. The van der Waals surface area contributed by atoms with Gasteiger partial charge in [0, 0.05) is 20.0 Å². The largest absolute Gasteiger partial charge is 0.466 e. The molecular formula is C23H46O5. The average Bonchev–Trinajstić information content (AvgIpc) is 2.71. The van der Waals surface area contributed by atoms with Crippen LogP contribution in [0.2, 0.25) is 0 Å². The summed E-state index contributed by atoms with van der Waals surface area (Å²) in [5, 5.41) is 7.00. The standard InChI is InChI=1S/C22H42O4.CH4O/c1-3-5-7-9-11-15-19-25-21(23)17-13-14-18-22(24)26-20-16-12-10-8-6-4-2;1-2/h3-20H2,1-2H3;2H,1H3. The molecule has 5 nitrogen and oxygen atoms in total. The molecule has 0 atom stereocenters. The first-order valence-corrected chi connectivity index (χ1v) is 11.5. The Kier molecular flexibility index (Phi) is 26.9. The van der Waals surface area contributed by atoms with Crippen LogP contribution in [0.15, 0.2) is 0 Å². The van der Waals surface area contributed by atoms with Crippen LogP contribution in [0.5, 0.6) is 0 Å². The van der Waals surface area contributed by atoms with Crippen LogP contribution in [0.1, 0.15) is 117 Å². The van der Waals surface area contributed by atoms with Crippen molar-refractivity contribution in [2.45, 2.75) is 117 Å². The van der Waals surface area contributed by atoms with Gasteiger partial charge in [-0.1, -0.05) is 78.1 Å². The minimum absolute atomic E-state index is 0.140. The lowest BCUT2D eigenvalue weighted by atomic mass is 10.1. The van der Waals surface area contributed by atoms with E-state index in [-0.39, 0.29) is 11.9 Å². The number of unbranched alkanes of at least 4 members (excludes halogenated alkanes) is 11. The highest BCUT2D eigenvalue weighted by Gasteiger charge is 2.06. The fourth-order valence-electron chi connectivity index (χ4n) is 2.82. The van der Waals surface area contributed by atoms with Gasteiger partial charge in [-0.2, -0.15) is 0 Å². The van der Waals surface area contributed by atoms with Gasteiger partial charge in [0.1, 0.15) is 0 Å². The van der Waals surface area contributed by atoms with Gasteiger partial charge in [-0.05, 0) is 25.7 Å². The van der Waals surface area contributed by atoms with Crippen LogP contribution in [-0.2, 0) is 19.1 Å². The van der Waals surface area contributed by atoms with Gasteiger partial charge in [-0.3, -0.25) is 9.59 Å². The monoisotopic (exact) mass is 402 g/mol. The van der Waals surface area contributed by atoms with Gasteiger partial charge >= 0.3 is 11.9 Å². The highest BCUT2D eigenvalue weighted by molar-refractivity contribution is 5.70. The number of hydrogen-bond acceptors (Lipinski definition) is 5. The number of carbonyl (C=O) groups is 2. The molecule has 0 aliphatic carbocycles. The number of hydrogen-bond donors (Lipinski definition) is 1. The maximum atomic E-state index is 11.6. The zero-order valence-electron chi connectivity index (χ0n) is 18.8. The quantitative estimate of drug-likeness (QED) is 0.213. The van der Waals surface area contributed by atoms with Gasteiger partial charge in [-0.25, -0.2) is 0 Å². The first kappa shape index (κ1) is 29.1. The number of carbonyl (C=O) groups excluding carboxylic acids is 2. The van der Waals surface area contributed by atoms with Crippen molar-refractivity contribution in [2.75, 3.05) is 20.3 Å². The molecule has 0 aliphatic rings. The van der Waals surface area contributed by atoms with E-state index in [0.29, 0.717) is 38.9 Å². The van der Waals surface area contributed by atoms with Crippen molar-refractivity contribution in [1.29, 1.82) is 0 Å². The van der Waals surface area contributed by atoms with Crippen molar-refractivity contribution in [3.8, 4) is 0 Å². The summed E-state index contributed by atoms with van der Waals surface area (Å²) in [6.07, 6.45) is 16.5. The van der Waals surface area contributed by atoms with Crippen LogP contribution in [0, 0.1) is 0 Å². The lowest BCUT2D eigenvalue weighted by molar-refractivity contribution is -0.146. The Morgan fingerprint density at radius 1 is 0.536 bits per heavy atom. The predicted octanol–water partition coefficient (Wildman–Crippen LogP) is 5.96. The van der Waals surface area contributed by atoms with E-state index in [9.17, 15) is 9.59 Å². The highest BCUT2D eigenvalue weighted by atomic mass is 16.5. The van der Waals surface area contributed by atoms with Gasteiger partial charge in [0.05, 0.1) is 13.2 Å². The Balaban J connectivity index is 0. The summed E-state index contributed by atoms with van der Waals surface area (Å²) < 4.78 is 10.4. The third-order valence-electron chi connectivity index (χ3n) is 4.53. The summed E-state index contributed by atoms with van der Waals surface area (Å²) in [6.45, 7) is 5.48. The summed E-state index contributed by atoms with van der Waals surface area (Å²) in [5.41, 5.74) is 0. The van der Waals surface area contributed by atoms with Crippen LogP contribution in [-0.4, -0.2) is 37.4 Å². The number of aliphatic hydroxyl groups is 1. The van der Waals surface area contributed by atoms with E-state index >= 15 is 0 Å². The fourth-order valence-corrected chi connectivity index (χ4v) is 2.82. The molecule has 1 N–H and O–H groups in total. The van der Waals surface area contributed by atoms with Crippen LogP contribution < -0.4 is 0 Å². The van der Waals surface area contributed by atoms with Crippen LogP contribution in [0.25, 0.3) is 0 Å². The van der Waals surface area contributed by atoms with E-state index in [1.54, 1.807) is 0 Å². The summed E-state index contributed by atoms with van der Waals surface area (Å²) >= 11 is 0. The molecule has 0 aromatic rings. The minimum atomic E-state index is -0.140. The molecule has 5 heteroatoms. The van der Waals surface area contributed by atoms with E-state index in [2.05, 4.69) is 13.8 Å². The van der Waals surface area contributed by atoms with Crippen molar-refractivity contribution < 1.29 is 24.2 Å². The predicted molar refractivity (Wildman–Crippen MR) is 115 cm³/mol. The second-order valence-electron chi connectivity index (χ2n) is 7.18. The Bertz CT molecular complexity index is 299. The maximum absolute atomic E-state index is 11.6. The Labute approximate surface area is 173 Å². The molecule has 0 rings (SSSR count). The molecule has 0 amide bonds. The van der Waals surface area contributed by atoms with Crippen molar-refractivity contribution in [3.63, 3.8) is 0 Å². The first-order chi connectivity index (χ1) is 13.7. The smallest absolute Gasteiger partial charge is 0.305 e. The van der Waals surface area contributed by atoms with Gasteiger partial charge in [0.2, 0.25) is 0 Å². The summed E-state index contributed by atoms with van der Waals surface area (Å²) in [4.78, 5) is 23.2. The molecule has 0 radical (unpaired) electrons. The molecule has 0 fully saturated rings. The lowest BCUT2D eigenvalue weighted by Crippen LogP contribution is -2.08. The first-order valence-electron chi connectivity index (χ1n) is 11.5. The topological polar surface area (TPSA) is 72.8 Å². The SMILES string of the molecule is CCCCCCCCOC(=O)CCCCC(=O)OCCCCCCCC.CO. The lowest BCUT2D eigenvalue weighted by Gasteiger charge is -2.06. The number of ether oxygens (including phenoxy) is 2. The molecule has 0 bridgehead atoms. The molecule has 0 unspecified atom stereocenters. The van der Waals surface area contributed by atoms with Gasteiger partial charge in [0.25, 0.3) is 0 Å². The van der Waals surface area contributed by atoms with Crippen molar-refractivity contribution >= 4 is 11.9 Å². The molecule has 0 aliphatic heterocycles. The molecular weight excluding hydrogens is 356 g/mol. The third kappa shape index (κ3) is 24.9. The second kappa shape index (κ2) is 25.9. The minimum Gasteiger partial charge on any atom is -0.466 e.